The second-order valence-electron chi connectivity index (χ2n) is 4.57. The van der Waals surface area contributed by atoms with Gasteiger partial charge in [0.25, 0.3) is 0 Å². The van der Waals surface area contributed by atoms with Gasteiger partial charge in [0.2, 0.25) is 5.89 Å². The second kappa shape index (κ2) is 4.75. The molecule has 2 atom stereocenters. The molecule has 2 unspecified atom stereocenters. The number of nitrogens with two attached hydrogens (primary N) is 1. The predicted molar refractivity (Wildman–Crippen MR) is 65.3 cm³/mol. The SMILES string of the molecule is CCSCc1noc(C2(C)CCCC2N)n1. The lowest BCUT2D eigenvalue weighted by Crippen LogP contribution is -2.38. The number of rotatable bonds is 4. The van der Waals surface area contributed by atoms with Crippen LogP contribution in [0, 0.1) is 0 Å². The van der Waals surface area contributed by atoms with E-state index in [1.165, 1.54) is 0 Å². The van der Waals surface area contributed by atoms with Crippen molar-refractivity contribution in [3.05, 3.63) is 11.7 Å². The predicted octanol–water partition coefficient (Wildman–Crippen LogP) is 2.09. The van der Waals surface area contributed by atoms with Crippen molar-refractivity contribution in [2.45, 2.75) is 50.3 Å². The molecule has 0 radical (unpaired) electrons. The van der Waals surface area contributed by atoms with Crippen LogP contribution in [0.4, 0.5) is 0 Å². The summed E-state index contributed by atoms with van der Waals surface area (Å²) in [4.78, 5) is 4.47. The summed E-state index contributed by atoms with van der Waals surface area (Å²) in [6.45, 7) is 4.26. The molecule has 0 bridgehead atoms. The first-order valence-corrected chi connectivity index (χ1v) is 6.98. The Morgan fingerprint density at radius 1 is 1.62 bits per heavy atom. The van der Waals surface area contributed by atoms with Gasteiger partial charge in [-0.1, -0.05) is 18.5 Å². The van der Waals surface area contributed by atoms with Gasteiger partial charge in [-0.2, -0.15) is 16.7 Å². The first-order valence-electron chi connectivity index (χ1n) is 5.83. The van der Waals surface area contributed by atoms with Gasteiger partial charge in [-0.3, -0.25) is 0 Å². The Kier molecular flexibility index (Phi) is 3.54. The molecule has 4 nitrogen and oxygen atoms in total. The highest BCUT2D eigenvalue weighted by atomic mass is 32.2. The van der Waals surface area contributed by atoms with Gasteiger partial charge in [-0.05, 0) is 25.5 Å². The monoisotopic (exact) mass is 241 g/mol. The van der Waals surface area contributed by atoms with Crippen molar-refractivity contribution in [1.82, 2.24) is 10.1 Å². The topological polar surface area (TPSA) is 64.9 Å². The van der Waals surface area contributed by atoms with Gasteiger partial charge in [0.1, 0.15) is 0 Å². The summed E-state index contributed by atoms with van der Waals surface area (Å²) < 4.78 is 5.36. The first kappa shape index (κ1) is 11.9. The third-order valence-corrected chi connectivity index (χ3v) is 4.29. The first-order chi connectivity index (χ1) is 7.66. The summed E-state index contributed by atoms with van der Waals surface area (Å²) in [5, 5.41) is 4.02. The van der Waals surface area contributed by atoms with Crippen LogP contribution in [-0.2, 0) is 11.2 Å². The number of hydrogen-bond donors (Lipinski definition) is 1. The van der Waals surface area contributed by atoms with Crippen LogP contribution in [0.25, 0.3) is 0 Å². The number of thioether (sulfide) groups is 1. The van der Waals surface area contributed by atoms with E-state index in [-0.39, 0.29) is 11.5 Å². The molecule has 0 amide bonds. The zero-order chi connectivity index (χ0) is 11.6. The molecule has 1 fully saturated rings. The molecule has 0 spiro atoms. The summed E-state index contributed by atoms with van der Waals surface area (Å²) >= 11 is 1.80. The normalized spacial score (nSPS) is 29.8. The molecule has 90 valence electrons. The van der Waals surface area contributed by atoms with Gasteiger partial charge < -0.3 is 10.3 Å². The highest BCUT2D eigenvalue weighted by Crippen LogP contribution is 2.38. The van der Waals surface area contributed by atoms with Gasteiger partial charge in [0.15, 0.2) is 5.82 Å². The van der Waals surface area contributed by atoms with Gasteiger partial charge in [-0.15, -0.1) is 0 Å². The van der Waals surface area contributed by atoms with Crippen LogP contribution in [0.1, 0.15) is 44.8 Å². The Hall–Kier alpha value is -0.550. The number of aromatic nitrogens is 2. The molecule has 5 heteroatoms. The molecule has 1 aliphatic rings. The van der Waals surface area contributed by atoms with Crippen molar-refractivity contribution in [2.75, 3.05) is 5.75 Å². The lowest BCUT2D eigenvalue weighted by atomic mass is 9.85. The molecule has 0 saturated heterocycles. The molecular weight excluding hydrogens is 222 g/mol. The van der Waals surface area contributed by atoms with E-state index >= 15 is 0 Å². The van der Waals surface area contributed by atoms with Crippen LogP contribution < -0.4 is 5.73 Å². The van der Waals surface area contributed by atoms with E-state index in [2.05, 4.69) is 24.0 Å². The van der Waals surface area contributed by atoms with Crippen LogP contribution >= 0.6 is 11.8 Å². The van der Waals surface area contributed by atoms with Crippen molar-refractivity contribution in [2.24, 2.45) is 5.73 Å². The zero-order valence-corrected chi connectivity index (χ0v) is 10.7. The van der Waals surface area contributed by atoms with Gasteiger partial charge in [0, 0.05) is 6.04 Å². The molecule has 16 heavy (non-hydrogen) atoms. The van der Waals surface area contributed by atoms with Gasteiger partial charge in [-0.25, -0.2) is 0 Å². The van der Waals surface area contributed by atoms with Gasteiger partial charge >= 0.3 is 0 Å². The smallest absolute Gasteiger partial charge is 0.234 e. The Labute approximate surface area is 100 Å². The fourth-order valence-electron chi connectivity index (χ4n) is 2.20. The van der Waals surface area contributed by atoms with E-state index in [1.54, 1.807) is 11.8 Å². The highest BCUT2D eigenvalue weighted by molar-refractivity contribution is 7.98. The molecule has 1 saturated carbocycles. The van der Waals surface area contributed by atoms with E-state index < -0.39 is 0 Å². The minimum atomic E-state index is -0.109. The highest BCUT2D eigenvalue weighted by Gasteiger charge is 2.42. The van der Waals surface area contributed by atoms with Crippen molar-refractivity contribution < 1.29 is 4.52 Å². The van der Waals surface area contributed by atoms with Crippen LogP contribution in [0.3, 0.4) is 0 Å². The molecule has 0 aliphatic heterocycles. The molecule has 2 rings (SSSR count). The molecule has 1 heterocycles. The maximum atomic E-state index is 6.12. The van der Waals surface area contributed by atoms with Crippen molar-refractivity contribution in [3.8, 4) is 0 Å². The molecule has 1 aromatic rings. The average molecular weight is 241 g/mol. The van der Waals surface area contributed by atoms with Crippen molar-refractivity contribution >= 4 is 11.8 Å². The Bertz CT molecular complexity index is 355. The second-order valence-corrected chi connectivity index (χ2v) is 5.84. The fourth-order valence-corrected chi connectivity index (χ4v) is 2.70. The van der Waals surface area contributed by atoms with E-state index in [4.69, 9.17) is 10.3 Å². The van der Waals surface area contributed by atoms with Crippen LogP contribution in [0.15, 0.2) is 4.52 Å². The summed E-state index contributed by atoms with van der Waals surface area (Å²) in [6, 6.07) is 0.152. The molecule has 0 aromatic carbocycles. The summed E-state index contributed by atoms with van der Waals surface area (Å²) in [5.41, 5.74) is 6.01. The lowest BCUT2D eigenvalue weighted by molar-refractivity contribution is 0.277. The number of hydrogen-bond acceptors (Lipinski definition) is 5. The zero-order valence-electron chi connectivity index (χ0n) is 9.90. The minimum Gasteiger partial charge on any atom is -0.339 e. The third-order valence-electron chi connectivity index (χ3n) is 3.42. The van der Waals surface area contributed by atoms with E-state index in [0.29, 0.717) is 0 Å². The summed E-state index contributed by atoms with van der Waals surface area (Å²) in [5.74, 6) is 3.41. The van der Waals surface area contributed by atoms with Crippen LogP contribution in [-0.4, -0.2) is 21.9 Å². The largest absolute Gasteiger partial charge is 0.339 e. The minimum absolute atomic E-state index is 0.109. The lowest BCUT2D eigenvalue weighted by Gasteiger charge is -2.23. The van der Waals surface area contributed by atoms with E-state index in [0.717, 1.165) is 42.5 Å². The van der Waals surface area contributed by atoms with E-state index in [9.17, 15) is 0 Å². The third kappa shape index (κ3) is 2.11. The Morgan fingerprint density at radius 2 is 2.44 bits per heavy atom. The summed E-state index contributed by atoms with van der Waals surface area (Å²) in [7, 11) is 0. The molecule has 1 aromatic heterocycles. The quantitative estimate of drug-likeness (QED) is 0.874. The van der Waals surface area contributed by atoms with Crippen LogP contribution in [0.5, 0.6) is 0 Å². The fraction of sp³-hybridized carbons (Fsp3) is 0.818. The van der Waals surface area contributed by atoms with Crippen molar-refractivity contribution in [3.63, 3.8) is 0 Å². The maximum Gasteiger partial charge on any atom is 0.234 e. The molecule has 1 aliphatic carbocycles. The van der Waals surface area contributed by atoms with Gasteiger partial charge in [0.05, 0.1) is 11.2 Å². The standard InChI is InChI=1S/C11H19N3OS/c1-3-16-7-9-13-10(15-14-9)11(2)6-4-5-8(11)12/h8H,3-7,12H2,1-2H3. The van der Waals surface area contributed by atoms with Crippen LogP contribution in [0.2, 0.25) is 0 Å². The molecular formula is C11H19N3OS. The summed E-state index contributed by atoms with van der Waals surface area (Å²) in [6.07, 6.45) is 3.26. The van der Waals surface area contributed by atoms with E-state index in [1.807, 2.05) is 0 Å². The van der Waals surface area contributed by atoms with Crippen molar-refractivity contribution in [1.29, 1.82) is 0 Å². The average Bonchev–Trinajstić information content (AvgIpc) is 2.85. The number of nitrogens with zero attached hydrogens (tertiary/aromatic N) is 2. The maximum absolute atomic E-state index is 6.12. The Morgan fingerprint density at radius 3 is 3.06 bits per heavy atom. The molecule has 2 N–H and O–H groups in total. The Balaban J connectivity index is 2.11.